The summed E-state index contributed by atoms with van der Waals surface area (Å²) >= 11 is 6.47. The normalized spacial score (nSPS) is 12.1. The third-order valence-corrected chi connectivity index (χ3v) is 3.56. The van der Waals surface area contributed by atoms with Crippen molar-refractivity contribution in [3.63, 3.8) is 0 Å². The summed E-state index contributed by atoms with van der Waals surface area (Å²) in [4.78, 5) is 0. The number of alkyl halides is 1. The fraction of sp³-hybridized carbons (Fsp3) is 0.250. The second-order valence-electron chi connectivity index (χ2n) is 4.53. The summed E-state index contributed by atoms with van der Waals surface area (Å²) in [5.74, 6) is 1.01. The van der Waals surface area contributed by atoms with Crippen LogP contribution in [-0.2, 0) is 0 Å². The highest BCUT2D eigenvalue weighted by Gasteiger charge is 2.17. The van der Waals surface area contributed by atoms with E-state index < -0.39 is 5.38 Å². The van der Waals surface area contributed by atoms with Gasteiger partial charge < -0.3 is 9.47 Å². The fourth-order valence-electron chi connectivity index (χ4n) is 2.12. The zero-order valence-corrected chi connectivity index (χ0v) is 12.4. The number of methoxy groups -OCH3 is 2. The fourth-order valence-corrected chi connectivity index (χ4v) is 2.42. The van der Waals surface area contributed by atoms with Crippen LogP contribution < -0.4 is 9.47 Å². The zero-order chi connectivity index (χ0) is 14.7. The molecule has 0 radical (unpaired) electrons. The Morgan fingerprint density at radius 1 is 1.05 bits per heavy atom. The van der Waals surface area contributed by atoms with Gasteiger partial charge in [0.15, 0.2) is 0 Å². The van der Waals surface area contributed by atoms with E-state index in [-0.39, 0.29) is 5.82 Å². The largest absolute Gasteiger partial charge is 0.497 e. The van der Waals surface area contributed by atoms with Crippen molar-refractivity contribution in [1.82, 2.24) is 0 Å². The van der Waals surface area contributed by atoms with Crippen molar-refractivity contribution in [2.45, 2.75) is 12.3 Å². The van der Waals surface area contributed by atoms with Crippen molar-refractivity contribution in [2.24, 2.45) is 0 Å². The second kappa shape index (κ2) is 6.14. The summed E-state index contributed by atoms with van der Waals surface area (Å²) in [6, 6.07) is 10.2. The Balaban J connectivity index is 2.44. The van der Waals surface area contributed by atoms with Gasteiger partial charge in [-0.05, 0) is 42.3 Å². The van der Waals surface area contributed by atoms with Crippen LogP contribution in [0.25, 0.3) is 0 Å². The number of benzene rings is 2. The highest BCUT2D eigenvalue weighted by atomic mass is 35.5. The molecule has 2 nitrogen and oxygen atoms in total. The smallest absolute Gasteiger partial charge is 0.127 e. The minimum atomic E-state index is -0.481. The standard InChI is InChI=1S/C16H16ClFO2/c1-10-6-11(8-12(18)7-10)16(17)14-5-4-13(19-2)9-15(14)20-3/h4-9,16H,1-3H3. The Kier molecular flexibility index (Phi) is 4.50. The first kappa shape index (κ1) is 14.7. The van der Waals surface area contributed by atoms with Gasteiger partial charge in [-0.25, -0.2) is 4.39 Å². The van der Waals surface area contributed by atoms with Crippen LogP contribution in [0.4, 0.5) is 4.39 Å². The Morgan fingerprint density at radius 3 is 2.40 bits per heavy atom. The number of ether oxygens (including phenoxy) is 2. The lowest BCUT2D eigenvalue weighted by Crippen LogP contribution is -1.99. The molecule has 0 bridgehead atoms. The van der Waals surface area contributed by atoms with Gasteiger partial charge in [-0.3, -0.25) is 0 Å². The van der Waals surface area contributed by atoms with Crippen molar-refractivity contribution in [2.75, 3.05) is 14.2 Å². The number of hydrogen-bond donors (Lipinski definition) is 0. The van der Waals surface area contributed by atoms with E-state index in [0.29, 0.717) is 17.1 Å². The summed E-state index contributed by atoms with van der Waals surface area (Å²) in [6.07, 6.45) is 0. The van der Waals surface area contributed by atoms with Gasteiger partial charge in [-0.15, -0.1) is 11.6 Å². The topological polar surface area (TPSA) is 18.5 Å². The highest BCUT2D eigenvalue weighted by Crippen LogP contribution is 2.37. The van der Waals surface area contributed by atoms with Crippen molar-refractivity contribution in [3.05, 3.63) is 58.9 Å². The predicted molar refractivity (Wildman–Crippen MR) is 78.4 cm³/mol. The molecule has 106 valence electrons. The van der Waals surface area contributed by atoms with Gasteiger partial charge in [0, 0.05) is 11.6 Å². The van der Waals surface area contributed by atoms with E-state index in [4.69, 9.17) is 21.1 Å². The maximum atomic E-state index is 13.5. The molecule has 0 aliphatic rings. The van der Waals surface area contributed by atoms with Gasteiger partial charge in [-0.2, -0.15) is 0 Å². The molecule has 0 spiro atoms. The molecule has 0 saturated heterocycles. The second-order valence-corrected chi connectivity index (χ2v) is 4.97. The lowest BCUT2D eigenvalue weighted by Gasteiger charge is -2.16. The molecule has 0 amide bonds. The summed E-state index contributed by atoms with van der Waals surface area (Å²) < 4.78 is 24.0. The molecule has 2 aromatic rings. The van der Waals surface area contributed by atoms with Gasteiger partial charge in [-0.1, -0.05) is 6.07 Å². The molecule has 0 N–H and O–H groups in total. The first-order chi connectivity index (χ1) is 9.55. The summed E-state index contributed by atoms with van der Waals surface area (Å²) in [5, 5.41) is -0.481. The quantitative estimate of drug-likeness (QED) is 0.774. The minimum absolute atomic E-state index is 0.293. The van der Waals surface area contributed by atoms with E-state index in [1.807, 2.05) is 19.1 Å². The molecular weight excluding hydrogens is 279 g/mol. The van der Waals surface area contributed by atoms with Gasteiger partial charge in [0.05, 0.1) is 19.6 Å². The monoisotopic (exact) mass is 294 g/mol. The minimum Gasteiger partial charge on any atom is -0.497 e. The van der Waals surface area contributed by atoms with Crippen LogP contribution in [0.2, 0.25) is 0 Å². The van der Waals surface area contributed by atoms with E-state index in [1.54, 1.807) is 26.4 Å². The Labute approximate surface area is 123 Å². The van der Waals surface area contributed by atoms with Crippen LogP contribution in [0, 0.1) is 12.7 Å². The molecule has 0 aliphatic carbocycles. The van der Waals surface area contributed by atoms with Gasteiger partial charge >= 0.3 is 0 Å². The predicted octanol–water partition coefficient (Wildman–Crippen LogP) is 4.48. The molecule has 0 fully saturated rings. The van der Waals surface area contributed by atoms with Crippen molar-refractivity contribution in [3.8, 4) is 11.5 Å². The summed E-state index contributed by atoms with van der Waals surface area (Å²) in [5.41, 5.74) is 2.31. The number of rotatable bonds is 4. The third kappa shape index (κ3) is 3.05. The Morgan fingerprint density at radius 2 is 1.80 bits per heavy atom. The molecular formula is C16H16ClFO2. The molecule has 1 atom stereocenters. The number of aryl methyl sites for hydroxylation is 1. The SMILES string of the molecule is COc1ccc(C(Cl)c2cc(C)cc(F)c2)c(OC)c1. The van der Waals surface area contributed by atoms with Crippen LogP contribution in [0.3, 0.4) is 0 Å². The van der Waals surface area contributed by atoms with Crippen LogP contribution >= 0.6 is 11.6 Å². The zero-order valence-electron chi connectivity index (χ0n) is 11.6. The van der Waals surface area contributed by atoms with Crippen LogP contribution in [0.15, 0.2) is 36.4 Å². The molecule has 0 saturated carbocycles. The average molecular weight is 295 g/mol. The Hall–Kier alpha value is -1.74. The van der Waals surface area contributed by atoms with E-state index in [0.717, 1.165) is 11.1 Å². The van der Waals surface area contributed by atoms with E-state index in [9.17, 15) is 4.39 Å². The van der Waals surface area contributed by atoms with Gasteiger partial charge in [0.25, 0.3) is 0 Å². The number of halogens is 2. The first-order valence-electron chi connectivity index (χ1n) is 6.18. The van der Waals surface area contributed by atoms with Crippen LogP contribution in [-0.4, -0.2) is 14.2 Å². The number of hydrogen-bond acceptors (Lipinski definition) is 2. The molecule has 2 rings (SSSR count). The average Bonchev–Trinajstić information content (AvgIpc) is 2.44. The molecule has 0 heterocycles. The van der Waals surface area contributed by atoms with Gasteiger partial charge in [0.2, 0.25) is 0 Å². The maximum Gasteiger partial charge on any atom is 0.127 e. The molecule has 2 aromatic carbocycles. The molecule has 0 aromatic heterocycles. The van der Waals surface area contributed by atoms with E-state index in [2.05, 4.69) is 0 Å². The van der Waals surface area contributed by atoms with Crippen molar-refractivity contribution < 1.29 is 13.9 Å². The molecule has 4 heteroatoms. The molecule has 0 aliphatic heterocycles. The van der Waals surface area contributed by atoms with Crippen LogP contribution in [0.5, 0.6) is 11.5 Å². The van der Waals surface area contributed by atoms with Crippen molar-refractivity contribution >= 4 is 11.6 Å². The lowest BCUT2D eigenvalue weighted by molar-refractivity contribution is 0.391. The van der Waals surface area contributed by atoms with Crippen LogP contribution in [0.1, 0.15) is 22.1 Å². The first-order valence-corrected chi connectivity index (χ1v) is 6.62. The highest BCUT2D eigenvalue weighted by molar-refractivity contribution is 6.22. The summed E-state index contributed by atoms with van der Waals surface area (Å²) in [7, 11) is 3.15. The third-order valence-electron chi connectivity index (χ3n) is 3.07. The lowest BCUT2D eigenvalue weighted by atomic mass is 10.0. The van der Waals surface area contributed by atoms with E-state index in [1.165, 1.54) is 12.1 Å². The van der Waals surface area contributed by atoms with Gasteiger partial charge in [0.1, 0.15) is 17.3 Å². The van der Waals surface area contributed by atoms with Crippen molar-refractivity contribution in [1.29, 1.82) is 0 Å². The molecule has 1 unspecified atom stereocenters. The molecule has 20 heavy (non-hydrogen) atoms. The maximum absolute atomic E-state index is 13.5. The van der Waals surface area contributed by atoms with E-state index >= 15 is 0 Å². The Bertz CT molecular complexity index is 593. The summed E-state index contributed by atoms with van der Waals surface area (Å²) in [6.45, 7) is 1.83.